The van der Waals surface area contributed by atoms with Crippen LogP contribution in [0.4, 0.5) is 10.9 Å². The lowest BCUT2D eigenvalue weighted by atomic mass is 9.97. The Morgan fingerprint density at radius 1 is 1.21 bits per heavy atom. The molecule has 34 heavy (non-hydrogen) atoms. The summed E-state index contributed by atoms with van der Waals surface area (Å²) in [6.45, 7) is 2.60. The van der Waals surface area contributed by atoms with Crippen molar-refractivity contribution in [2.24, 2.45) is 5.92 Å². The second kappa shape index (κ2) is 9.43. The SMILES string of the molecule is CN1Cc2sc(NC(=O)c3cnc(N4CCC(C(=O)O)CC4)c(Cl)c3)nc2-c2scc(Cl)c2C1. The molecule has 5 heterocycles. The van der Waals surface area contributed by atoms with Crippen LogP contribution in [0.15, 0.2) is 17.6 Å². The Kier molecular flexibility index (Phi) is 6.51. The number of rotatable bonds is 4. The third kappa shape index (κ3) is 4.52. The van der Waals surface area contributed by atoms with Crippen molar-refractivity contribution in [3.63, 3.8) is 0 Å². The minimum atomic E-state index is -0.768. The number of piperidine rings is 1. The number of carbonyl (C=O) groups excluding carboxylic acids is 1. The zero-order valence-corrected chi connectivity index (χ0v) is 21.3. The van der Waals surface area contributed by atoms with Crippen LogP contribution >= 0.6 is 45.9 Å². The van der Waals surface area contributed by atoms with Crippen LogP contribution < -0.4 is 10.2 Å². The van der Waals surface area contributed by atoms with E-state index in [0.29, 0.717) is 47.5 Å². The molecule has 0 aromatic carbocycles. The van der Waals surface area contributed by atoms with E-state index in [4.69, 9.17) is 28.2 Å². The summed E-state index contributed by atoms with van der Waals surface area (Å²) in [5, 5.41) is 15.6. The molecule has 0 aliphatic carbocycles. The predicted octanol–water partition coefficient (Wildman–Crippen LogP) is 5.07. The largest absolute Gasteiger partial charge is 0.481 e. The summed E-state index contributed by atoms with van der Waals surface area (Å²) >= 11 is 15.8. The number of amides is 1. The summed E-state index contributed by atoms with van der Waals surface area (Å²) in [6, 6.07) is 1.59. The van der Waals surface area contributed by atoms with E-state index in [1.165, 1.54) is 17.5 Å². The number of hydrogen-bond acceptors (Lipinski definition) is 8. The molecule has 5 rings (SSSR count). The average molecular weight is 538 g/mol. The Bertz CT molecular complexity index is 1270. The maximum Gasteiger partial charge on any atom is 0.306 e. The predicted molar refractivity (Wildman–Crippen MR) is 135 cm³/mol. The van der Waals surface area contributed by atoms with Gasteiger partial charge in [0.05, 0.1) is 32.1 Å². The molecule has 8 nitrogen and oxygen atoms in total. The molecule has 2 N–H and O–H groups in total. The van der Waals surface area contributed by atoms with E-state index in [-0.39, 0.29) is 11.8 Å². The van der Waals surface area contributed by atoms with E-state index in [1.807, 2.05) is 17.3 Å². The highest BCUT2D eigenvalue weighted by Gasteiger charge is 2.28. The lowest BCUT2D eigenvalue weighted by molar-refractivity contribution is -0.142. The topological polar surface area (TPSA) is 98.7 Å². The van der Waals surface area contributed by atoms with E-state index in [9.17, 15) is 14.7 Å². The van der Waals surface area contributed by atoms with Gasteiger partial charge >= 0.3 is 5.97 Å². The summed E-state index contributed by atoms with van der Waals surface area (Å²) in [4.78, 5) is 39.5. The van der Waals surface area contributed by atoms with Gasteiger partial charge in [0.2, 0.25) is 0 Å². The lowest BCUT2D eigenvalue weighted by Gasteiger charge is -2.31. The van der Waals surface area contributed by atoms with Crippen LogP contribution in [0.1, 0.15) is 33.6 Å². The number of thiophene rings is 1. The zero-order valence-electron chi connectivity index (χ0n) is 18.2. The molecule has 0 atom stereocenters. The molecule has 1 saturated heterocycles. The van der Waals surface area contributed by atoms with Crippen molar-refractivity contribution in [2.75, 3.05) is 30.4 Å². The van der Waals surface area contributed by atoms with Crippen LogP contribution in [0.5, 0.6) is 0 Å². The van der Waals surface area contributed by atoms with Crippen LogP contribution in [0, 0.1) is 5.92 Å². The maximum absolute atomic E-state index is 12.9. The fourth-order valence-electron chi connectivity index (χ4n) is 4.26. The average Bonchev–Trinajstić information content (AvgIpc) is 3.32. The number of pyridine rings is 1. The molecule has 0 spiro atoms. The Morgan fingerprint density at radius 2 is 1.97 bits per heavy atom. The standard InChI is InChI=1S/C22H21Cl2N5O3S2/c1-28-8-13-15(24)10-33-18(13)17-16(9-28)34-22(26-17)27-20(30)12-6-14(23)19(25-7-12)29-4-2-11(3-5-29)21(31)32/h6-7,10-11H,2-5,8-9H2,1H3,(H,31,32)(H,26,27,30). The van der Waals surface area contributed by atoms with E-state index in [2.05, 4.69) is 15.2 Å². The van der Waals surface area contributed by atoms with Crippen LogP contribution in [0.25, 0.3) is 10.6 Å². The normalized spacial score (nSPS) is 16.6. The van der Waals surface area contributed by atoms with Gasteiger partial charge in [-0.1, -0.05) is 34.5 Å². The molecule has 3 aromatic rings. The van der Waals surface area contributed by atoms with Crippen LogP contribution in [0.2, 0.25) is 10.0 Å². The van der Waals surface area contributed by atoms with Gasteiger partial charge in [-0.05, 0) is 26.0 Å². The molecule has 0 saturated carbocycles. The van der Waals surface area contributed by atoms with Crippen molar-refractivity contribution in [1.82, 2.24) is 14.9 Å². The van der Waals surface area contributed by atoms with Crippen molar-refractivity contribution < 1.29 is 14.7 Å². The van der Waals surface area contributed by atoms with Gasteiger partial charge in [0, 0.05) is 48.2 Å². The number of anilines is 2. The molecule has 0 bridgehead atoms. The highest BCUT2D eigenvalue weighted by atomic mass is 35.5. The van der Waals surface area contributed by atoms with Gasteiger partial charge in [-0.3, -0.25) is 19.8 Å². The fraction of sp³-hybridized carbons (Fsp3) is 0.364. The quantitative estimate of drug-likeness (QED) is 0.479. The number of halogens is 2. The molecule has 2 aliphatic heterocycles. The second-order valence-electron chi connectivity index (χ2n) is 8.44. The van der Waals surface area contributed by atoms with Gasteiger partial charge < -0.3 is 10.0 Å². The fourth-order valence-corrected chi connectivity index (χ4v) is 6.96. The van der Waals surface area contributed by atoms with Crippen LogP contribution in [0.3, 0.4) is 0 Å². The summed E-state index contributed by atoms with van der Waals surface area (Å²) in [7, 11) is 2.03. The minimum Gasteiger partial charge on any atom is -0.481 e. The Morgan fingerprint density at radius 3 is 2.68 bits per heavy atom. The molecular weight excluding hydrogens is 517 g/mol. The summed E-state index contributed by atoms with van der Waals surface area (Å²) < 4.78 is 0. The first-order valence-electron chi connectivity index (χ1n) is 10.7. The summed E-state index contributed by atoms with van der Waals surface area (Å²) in [5.41, 5.74) is 2.26. The van der Waals surface area contributed by atoms with E-state index in [1.54, 1.807) is 17.4 Å². The van der Waals surface area contributed by atoms with Gasteiger partial charge in [-0.25, -0.2) is 9.97 Å². The number of carbonyl (C=O) groups is 2. The Labute approximate surface area is 214 Å². The van der Waals surface area contributed by atoms with Gasteiger partial charge in [-0.15, -0.1) is 11.3 Å². The van der Waals surface area contributed by atoms with Crippen molar-refractivity contribution in [1.29, 1.82) is 0 Å². The summed E-state index contributed by atoms with van der Waals surface area (Å²) in [5.74, 6) is -0.884. The molecule has 0 radical (unpaired) electrons. The molecule has 178 valence electrons. The number of carboxylic acids is 1. The molecule has 1 fully saturated rings. The molecule has 0 unspecified atom stereocenters. The van der Waals surface area contributed by atoms with Crippen LogP contribution in [-0.2, 0) is 17.9 Å². The number of nitrogens with zero attached hydrogens (tertiary/aromatic N) is 4. The number of aliphatic carboxylic acids is 1. The molecule has 12 heteroatoms. The van der Waals surface area contributed by atoms with Gasteiger partial charge in [-0.2, -0.15) is 0 Å². The molecule has 1 amide bonds. The smallest absolute Gasteiger partial charge is 0.306 e. The van der Waals surface area contributed by atoms with Gasteiger partial charge in [0.1, 0.15) is 5.82 Å². The van der Waals surface area contributed by atoms with E-state index < -0.39 is 5.97 Å². The van der Waals surface area contributed by atoms with Crippen molar-refractivity contribution in [2.45, 2.75) is 25.9 Å². The second-order valence-corrected chi connectivity index (χ2v) is 11.2. The van der Waals surface area contributed by atoms with E-state index >= 15 is 0 Å². The molecule has 3 aromatic heterocycles. The Balaban J connectivity index is 1.32. The third-order valence-electron chi connectivity index (χ3n) is 6.04. The van der Waals surface area contributed by atoms with Gasteiger partial charge in [0.15, 0.2) is 5.13 Å². The number of nitrogens with one attached hydrogen (secondary N) is 1. The third-order valence-corrected chi connectivity index (χ3v) is 8.77. The van der Waals surface area contributed by atoms with Crippen molar-refractivity contribution in [3.05, 3.63) is 43.7 Å². The first-order chi connectivity index (χ1) is 16.3. The molecule has 2 aliphatic rings. The summed E-state index contributed by atoms with van der Waals surface area (Å²) in [6.07, 6.45) is 2.57. The highest BCUT2D eigenvalue weighted by molar-refractivity contribution is 7.17. The minimum absolute atomic E-state index is 0.330. The number of carboxylic acid groups (broad SMARTS) is 1. The van der Waals surface area contributed by atoms with E-state index in [0.717, 1.165) is 39.1 Å². The lowest BCUT2D eigenvalue weighted by Crippen LogP contribution is -2.37. The first kappa shape index (κ1) is 23.5. The zero-order chi connectivity index (χ0) is 24.0. The van der Waals surface area contributed by atoms with Crippen molar-refractivity contribution in [3.8, 4) is 10.6 Å². The van der Waals surface area contributed by atoms with Crippen molar-refractivity contribution >= 4 is 68.7 Å². The molecular formula is C22H21Cl2N5O3S2. The monoisotopic (exact) mass is 537 g/mol. The number of fused-ring (bicyclic) bond motifs is 3. The first-order valence-corrected chi connectivity index (χ1v) is 13.1. The van der Waals surface area contributed by atoms with Crippen LogP contribution in [-0.4, -0.2) is 52.0 Å². The highest BCUT2D eigenvalue weighted by Crippen LogP contribution is 2.43. The number of hydrogen-bond donors (Lipinski definition) is 2. The number of aromatic nitrogens is 2. The Hall–Kier alpha value is -2.24. The van der Waals surface area contributed by atoms with Gasteiger partial charge in [0.25, 0.3) is 5.91 Å². The number of thiazole rings is 1. The maximum atomic E-state index is 12.9.